The lowest BCUT2D eigenvalue weighted by Gasteiger charge is -2.33. The molecule has 0 spiro atoms. The zero-order chi connectivity index (χ0) is 13.7. The highest BCUT2D eigenvalue weighted by Gasteiger charge is 2.30. The molecule has 0 aromatic carbocycles. The average Bonchev–Trinajstić information content (AvgIpc) is 2.35. The van der Waals surface area contributed by atoms with Gasteiger partial charge in [0.15, 0.2) is 0 Å². The average molecular weight is 366 g/mol. The predicted octanol–water partition coefficient (Wildman–Crippen LogP) is 1.96. The van der Waals surface area contributed by atoms with Gasteiger partial charge in [0.05, 0.1) is 6.04 Å². The van der Waals surface area contributed by atoms with Gasteiger partial charge >= 0.3 is 0 Å². The van der Waals surface area contributed by atoms with Crippen LogP contribution in [-0.2, 0) is 9.59 Å². The fourth-order valence-corrected chi connectivity index (χ4v) is 3.08. The van der Waals surface area contributed by atoms with Crippen molar-refractivity contribution < 1.29 is 9.59 Å². The minimum absolute atomic E-state index is 0.00696. The van der Waals surface area contributed by atoms with Gasteiger partial charge in [0.25, 0.3) is 0 Å². The van der Waals surface area contributed by atoms with E-state index >= 15 is 0 Å². The second kappa shape index (κ2) is 7.43. The molecule has 1 rings (SSSR count). The molecule has 3 atom stereocenters. The van der Waals surface area contributed by atoms with E-state index in [9.17, 15) is 9.59 Å². The molecule has 1 amide bonds. The molecule has 0 saturated carbocycles. The van der Waals surface area contributed by atoms with Gasteiger partial charge in [0.2, 0.25) is 9.70 Å². The van der Waals surface area contributed by atoms with Gasteiger partial charge in [-0.15, -0.1) is 0 Å². The number of hydrogen-bond donors (Lipinski definition) is 1. The van der Waals surface area contributed by atoms with Crippen molar-refractivity contribution >= 4 is 32.3 Å². The molecule has 4 nitrogen and oxygen atoms in total. The van der Waals surface area contributed by atoms with Gasteiger partial charge in [-0.3, -0.25) is 14.5 Å². The van der Waals surface area contributed by atoms with E-state index in [1.54, 1.807) is 22.6 Å². The van der Waals surface area contributed by atoms with Crippen LogP contribution in [0.3, 0.4) is 0 Å². The standard InChI is InChI=1S/C13H23IN2O2/c1-4-9(2)11(12(14)17)15-13(18)10-7-5-6-8-16(10)3/h9-11H,4-8H2,1-3H3,(H,15,18). The molecule has 0 aromatic heterocycles. The lowest BCUT2D eigenvalue weighted by Crippen LogP contribution is -2.53. The summed E-state index contributed by atoms with van der Waals surface area (Å²) in [6, 6.07) is -0.417. The number of carbonyl (C=O) groups is 2. The number of piperidine rings is 1. The molecule has 18 heavy (non-hydrogen) atoms. The van der Waals surface area contributed by atoms with Crippen LogP contribution in [-0.4, -0.2) is 40.3 Å². The first-order chi connectivity index (χ1) is 8.47. The topological polar surface area (TPSA) is 49.4 Å². The van der Waals surface area contributed by atoms with Crippen LogP contribution in [0.5, 0.6) is 0 Å². The van der Waals surface area contributed by atoms with Gasteiger partial charge in [-0.2, -0.15) is 0 Å². The molecule has 1 N–H and O–H groups in total. The SMILES string of the molecule is CCC(C)C(NC(=O)C1CCCCN1C)C(=O)I. The lowest BCUT2D eigenvalue weighted by molar-refractivity contribution is -0.130. The van der Waals surface area contributed by atoms with E-state index in [-0.39, 0.29) is 27.7 Å². The number of halogens is 1. The quantitative estimate of drug-likeness (QED) is 0.598. The Morgan fingerprint density at radius 1 is 1.44 bits per heavy atom. The first-order valence-corrected chi connectivity index (χ1v) is 7.75. The van der Waals surface area contributed by atoms with Crippen LogP contribution in [0.15, 0.2) is 0 Å². The van der Waals surface area contributed by atoms with Crippen LogP contribution in [0.1, 0.15) is 39.5 Å². The van der Waals surface area contributed by atoms with Gasteiger partial charge in [0.1, 0.15) is 6.04 Å². The minimum atomic E-state index is -0.349. The van der Waals surface area contributed by atoms with Crippen molar-refractivity contribution in [3.63, 3.8) is 0 Å². The maximum atomic E-state index is 12.2. The number of nitrogens with zero attached hydrogens (tertiary/aromatic N) is 1. The van der Waals surface area contributed by atoms with Crippen molar-refractivity contribution in [3.05, 3.63) is 0 Å². The highest BCUT2D eigenvalue weighted by molar-refractivity contribution is 14.1. The van der Waals surface area contributed by atoms with E-state index in [1.807, 2.05) is 20.9 Å². The molecule has 1 aliphatic heterocycles. The Morgan fingerprint density at radius 2 is 2.11 bits per heavy atom. The molecule has 104 valence electrons. The normalized spacial score (nSPS) is 24.3. The third kappa shape index (κ3) is 4.19. The molecule has 0 radical (unpaired) electrons. The number of carbonyl (C=O) groups excluding carboxylic acids is 2. The molecular weight excluding hydrogens is 343 g/mol. The first kappa shape index (κ1) is 15.9. The van der Waals surface area contributed by atoms with Crippen LogP contribution in [0.2, 0.25) is 0 Å². The third-order valence-corrected chi connectivity index (χ3v) is 4.50. The monoisotopic (exact) mass is 366 g/mol. The Hall–Kier alpha value is -0.170. The second-order valence-corrected chi connectivity index (χ2v) is 6.23. The summed E-state index contributed by atoms with van der Waals surface area (Å²) >= 11 is 1.79. The zero-order valence-electron chi connectivity index (χ0n) is 11.4. The van der Waals surface area contributed by atoms with Gasteiger partial charge in [-0.1, -0.05) is 26.7 Å². The van der Waals surface area contributed by atoms with E-state index in [1.165, 1.54) is 0 Å². The number of likely N-dealkylation sites (tertiary alicyclic amines) is 1. The molecule has 1 aliphatic rings. The van der Waals surface area contributed by atoms with Crippen molar-refractivity contribution in [2.75, 3.05) is 13.6 Å². The van der Waals surface area contributed by atoms with Crippen molar-refractivity contribution in [2.45, 2.75) is 51.6 Å². The van der Waals surface area contributed by atoms with Crippen LogP contribution in [0.25, 0.3) is 0 Å². The lowest BCUT2D eigenvalue weighted by atomic mass is 9.98. The Kier molecular flexibility index (Phi) is 6.55. The fourth-order valence-electron chi connectivity index (χ4n) is 2.31. The Bertz CT molecular complexity index is 309. The number of rotatable bonds is 5. The number of hydrogen-bond acceptors (Lipinski definition) is 3. The molecule has 0 aliphatic carbocycles. The van der Waals surface area contributed by atoms with Gasteiger partial charge in [-0.05, 0) is 32.4 Å². The van der Waals surface area contributed by atoms with E-state index in [2.05, 4.69) is 10.2 Å². The highest BCUT2D eigenvalue weighted by atomic mass is 127. The Labute approximate surface area is 123 Å². The third-order valence-electron chi connectivity index (χ3n) is 3.83. The van der Waals surface area contributed by atoms with E-state index in [4.69, 9.17) is 0 Å². The zero-order valence-corrected chi connectivity index (χ0v) is 13.6. The number of likely N-dealkylation sites (N-methyl/N-ethyl adjacent to an activating group) is 1. The molecule has 3 unspecified atom stereocenters. The van der Waals surface area contributed by atoms with Crippen LogP contribution < -0.4 is 5.32 Å². The summed E-state index contributed by atoms with van der Waals surface area (Å²) in [6.07, 6.45) is 4.03. The maximum absolute atomic E-state index is 12.2. The van der Waals surface area contributed by atoms with Crippen molar-refractivity contribution in [2.24, 2.45) is 5.92 Å². The summed E-state index contributed by atoms with van der Waals surface area (Å²) in [6.45, 7) is 5.01. The van der Waals surface area contributed by atoms with E-state index in [0.717, 1.165) is 32.2 Å². The van der Waals surface area contributed by atoms with Crippen molar-refractivity contribution in [1.82, 2.24) is 10.2 Å². The van der Waals surface area contributed by atoms with E-state index < -0.39 is 0 Å². The fraction of sp³-hybridized carbons (Fsp3) is 0.846. The van der Waals surface area contributed by atoms with Gasteiger partial charge in [0, 0.05) is 22.6 Å². The largest absolute Gasteiger partial charge is 0.344 e. The van der Waals surface area contributed by atoms with Crippen LogP contribution >= 0.6 is 22.6 Å². The summed E-state index contributed by atoms with van der Waals surface area (Å²) in [5.74, 6) is 0.194. The maximum Gasteiger partial charge on any atom is 0.237 e. The Balaban J connectivity index is 2.63. The summed E-state index contributed by atoms with van der Waals surface area (Å²) in [5, 5.41) is 2.93. The highest BCUT2D eigenvalue weighted by Crippen LogP contribution is 2.17. The number of amides is 1. The van der Waals surface area contributed by atoms with Gasteiger partial charge in [-0.25, -0.2) is 0 Å². The first-order valence-electron chi connectivity index (χ1n) is 6.67. The van der Waals surface area contributed by atoms with Crippen molar-refractivity contribution in [3.8, 4) is 0 Å². The van der Waals surface area contributed by atoms with Crippen molar-refractivity contribution in [1.29, 1.82) is 0 Å². The smallest absolute Gasteiger partial charge is 0.237 e. The summed E-state index contributed by atoms with van der Waals surface area (Å²) in [4.78, 5) is 25.9. The van der Waals surface area contributed by atoms with Crippen LogP contribution in [0, 0.1) is 5.92 Å². The molecule has 0 aromatic rings. The molecule has 0 bridgehead atoms. The summed E-state index contributed by atoms with van der Waals surface area (Å²) < 4.78 is 0.0220. The Morgan fingerprint density at radius 3 is 2.61 bits per heavy atom. The predicted molar refractivity (Wildman–Crippen MR) is 80.7 cm³/mol. The molecule has 1 fully saturated rings. The second-order valence-electron chi connectivity index (χ2n) is 5.17. The molecule has 1 heterocycles. The summed E-state index contributed by atoms with van der Waals surface area (Å²) in [5.41, 5.74) is 0. The molecular formula is C13H23IN2O2. The minimum Gasteiger partial charge on any atom is -0.344 e. The number of nitrogens with one attached hydrogen (secondary N) is 1. The van der Waals surface area contributed by atoms with Gasteiger partial charge < -0.3 is 5.32 Å². The summed E-state index contributed by atoms with van der Waals surface area (Å²) in [7, 11) is 1.98. The van der Waals surface area contributed by atoms with E-state index in [0.29, 0.717) is 0 Å². The molecule has 5 heteroatoms. The van der Waals surface area contributed by atoms with Crippen LogP contribution in [0.4, 0.5) is 0 Å². The molecule has 1 saturated heterocycles.